The van der Waals surface area contributed by atoms with E-state index in [-0.39, 0.29) is 11.9 Å². The molecule has 1 N–H and O–H groups in total. The van der Waals surface area contributed by atoms with Crippen molar-refractivity contribution in [2.45, 2.75) is 32.4 Å². The first-order valence-electron chi connectivity index (χ1n) is 8.37. The average Bonchev–Trinajstić information content (AvgIpc) is 3.37. The summed E-state index contributed by atoms with van der Waals surface area (Å²) in [5.41, 5.74) is 2.79. The topological polar surface area (TPSA) is 58.1 Å². The Balaban J connectivity index is 1.72. The van der Waals surface area contributed by atoms with Gasteiger partial charge in [0.15, 0.2) is 5.82 Å². The molecule has 1 aliphatic carbocycles. The first kappa shape index (κ1) is 16.6. The van der Waals surface area contributed by atoms with Crippen molar-refractivity contribution in [2.24, 2.45) is 5.92 Å². The molecule has 1 aromatic heterocycles. The van der Waals surface area contributed by atoms with E-state index in [4.69, 9.17) is 0 Å². The van der Waals surface area contributed by atoms with Crippen LogP contribution < -0.4 is 5.32 Å². The Morgan fingerprint density at radius 3 is 2.54 bits per heavy atom. The quantitative estimate of drug-likeness (QED) is 0.887. The second kappa shape index (κ2) is 7.09. The molecule has 1 saturated carbocycles. The Morgan fingerprint density at radius 2 is 1.96 bits per heavy atom. The predicted molar refractivity (Wildman–Crippen MR) is 93.5 cm³/mol. The number of carbonyl (C=O) groups excluding carboxylic acids is 1. The van der Waals surface area contributed by atoms with E-state index in [0.29, 0.717) is 11.5 Å². The Bertz CT molecular complexity index is 708. The molecule has 0 aliphatic heterocycles. The van der Waals surface area contributed by atoms with Crippen molar-refractivity contribution in [2.75, 3.05) is 14.1 Å². The Hall–Kier alpha value is -2.27. The molecule has 126 valence electrons. The third-order valence-electron chi connectivity index (χ3n) is 4.19. The van der Waals surface area contributed by atoms with Crippen molar-refractivity contribution < 1.29 is 4.79 Å². The summed E-state index contributed by atoms with van der Waals surface area (Å²) < 4.78 is 0. The number of nitrogens with zero attached hydrogens (tertiary/aromatic N) is 3. The van der Waals surface area contributed by atoms with Gasteiger partial charge in [-0.3, -0.25) is 4.79 Å². The fourth-order valence-electron chi connectivity index (χ4n) is 2.79. The first-order valence-corrected chi connectivity index (χ1v) is 8.37. The average molecular weight is 324 g/mol. The molecule has 1 fully saturated rings. The summed E-state index contributed by atoms with van der Waals surface area (Å²) in [5.74, 6) is 1.10. The Morgan fingerprint density at radius 1 is 1.25 bits per heavy atom. The minimum Gasteiger partial charge on any atom is -0.342 e. The number of hydrogen-bond acceptors (Lipinski definition) is 4. The van der Waals surface area contributed by atoms with Crippen molar-refractivity contribution in [1.82, 2.24) is 20.2 Å². The molecular weight excluding hydrogens is 300 g/mol. The standard InChI is InChI=1S/C19H24N4O/c1-13-10-11-20-18(21-13)17(15-8-9-15)22-19(24)16-6-4-14(5-7-16)12-23(2)3/h4-7,10-11,15,17H,8-9,12H2,1-3H3,(H,22,24). The van der Waals surface area contributed by atoms with Crippen molar-refractivity contribution >= 4 is 5.91 Å². The number of aryl methyl sites for hydroxylation is 1. The van der Waals surface area contributed by atoms with Gasteiger partial charge in [-0.2, -0.15) is 0 Å². The second-order valence-electron chi connectivity index (χ2n) is 6.78. The van der Waals surface area contributed by atoms with Gasteiger partial charge in [-0.15, -0.1) is 0 Å². The van der Waals surface area contributed by atoms with Gasteiger partial charge in [-0.25, -0.2) is 9.97 Å². The second-order valence-corrected chi connectivity index (χ2v) is 6.78. The summed E-state index contributed by atoms with van der Waals surface area (Å²) in [6, 6.07) is 9.55. The van der Waals surface area contributed by atoms with Crippen LogP contribution in [0.4, 0.5) is 0 Å². The van der Waals surface area contributed by atoms with Crippen LogP contribution in [0, 0.1) is 12.8 Å². The van der Waals surface area contributed by atoms with Gasteiger partial charge in [0.25, 0.3) is 5.91 Å². The summed E-state index contributed by atoms with van der Waals surface area (Å²) in [4.78, 5) is 23.6. The lowest BCUT2D eigenvalue weighted by Gasteiger charge is -2.17. The minimum atomic E-state index is -0.0983. The molecule has 24 heavy (non-hydrogen) atoms. The van der Waals surface area contributed by atoms with E-state index in [2.05, 4.69) is 20.2 Å². The van der Waals surface area contributed by atoms with Crippen LogP contribution in [-0.4, -0.2) is 34.9 Å². The zero-order chi connectivity index (χ0) is 17.1. The normalized spacial score (nSPS) is 15.3. The number of benzene rings is 1. The van der Waals surface area contributed by atoms with Gasteiger partial charge in [0.2, 0.25) is 0 Å². The molecule has 5 nitrogen and oxygen atoms in total. The van der Waals surface area contributed by atoms with Crippen LogP contribution in [0.5, 0.6) is 0 Å². The van der Waals surface area contributed by atoms with E-state index >= 15 is 0 Å². The molecule has 1 atom stereocenters. The van der Waals surface area contributed by atoms with Crippen molar-refractivity contribution in [1.29, 1.82) is 0 Å². The van der Waals surface area contributed by atoms with E-state index in [1.165, 1.54) is 5.56 Å². The molecule has 0 bridgehead atoms. The van der Waals surface area contributed by atoms with E-state index in [0.717, 1.165) is 30.9 Å². The molecular formula is C19H24N4O. The van der Waals surface area contributed by atoms with Crippen LogP contribution in [0.2, 0.25) is 0 Å². The van der Waals surface area contributed by atoms with Crippen LogP contribution >= 0.6 is 0 Å². The largest absolute Gasteiger partial charge is 0.342 e. The molecule has 1 amide bonds. The van der Waals surface area contributed by atoms with Crippen LogP contribution in [0.3, 0.4) is 0 Å². The number of nitrogens with one attached hydrogen (secondary N) is 1. The van der Waals surface area contributed by atoms with Gasteiger partial charge in [-0.05, 0) is 63.5 Å². The van der Waals surface area contributed by atoms with E-state index in [1.54, 1.807) is 6.20 Å². The monoisotopic (exact) mass is 324 g/mol. The van der Waals surface area contributed by atoms with Crippen LogP contribution in [0.25, 0.3) is 0 Å². The Kier molecular flexibility index (Phi) is 4.90. The van der Waals surface area contributed by atoms with Gasteiger partial charge >= 0.3 is 0 Å². The molecule has 1 heterocycles. The minimum absolute atomic E-state index is 0.0617. The highest BCUT2D eigenvalue weighted by Crippen LogP contribution is 2.40. The lowest BCUT2D eigenvalue weighted by molar-refractivity contribution is 0.0929. The van der Waals surface area contributed by atoms with Gasteiger partial charge in [-0.1, -0.05) is 12.1 Å². The van der Waals surface area contributed by atoms with Gasteiger partial charge in [0.1, 0.15) is 0 Å². The molecule has 0 radical (unpaired) electrons. The highest BCUT2D eigenvalue weighted by atomic mass is 16.1. The molecule has 3 rings (SSSR count). The van der Waals surface area contributed by atoms with E-state index in [9.17, 15) is 4.79 Å². The SMILES string of the molecule is Cc1ccnc(C(NC(=O)c2ccc(CN(C)C)cc2)C2CC2)n1. The molecule has 2 aromatic rings. The summed E-state index contributed by atoms with van der Waals surface area (Å²) in [6.45, 7) is 2.81. The number of rotatable bonds is 6. The molecule has 1 aliphatic rings. The smallest absolute Gasteiger partial charge is 0.251 e. The van der Waals surface area contributed by atoms with Gasteiger partial charge < -0.3 is 10.2 Å². The predicted octanol–water partition coefficient (Wildman–Crippen LogP) is 2.73. The number of carbonyl (C=O) groups is 1. The summed E-state index contributed by atoms with van der Waals surface area (Å²) in [5, 5.41) is 3.12. The van der Waals surface area contributed by atoms with Crippen molar-refractivity contribution in [3.8, 4) is 0 Å². The summed E-state index contributed by atoms with van der Waals surface area (Å²) >= 11 is 0. The fourth-order valence-corrected chi connectivity index (χ4v) is 2.79. The maximum atomic E-state index is 12.6. The third kappa shape index (κ3) is 4.17. The molecule has 1 unspecified atom stereocenters. The lowest BCUT2D eigenvalue weighted by atomic mass is 10.1. The van der Waals surface area contributed by atoms with Gasteiger partial charge in [0, 0.05) is 24.0 Å². The molecule has 5 heteroatoms. The number of hydrogen-bond donors (Lipinski definition) is 1. The summed E-state index contributed by atoms with van der Waals surface area (Å²) in [6.07, 6.45) is 3.99. The van der Waals surface area contributed by atoms with Gasteiger partial charge in [0.05, 0.1) is 6.04 Å². The summed E-state index contributed by atoms with van der Waals surface area (Å²) in [7, 11) is 4.06. The van der Waals surface area contributed by atoms with Crippen LogP contribution in [-0.2, 0) is 6.54 Å². The maximum Gasteiger partial charge on any atom is 0.251 e. The third-order valence-corrected chi connectivity index (χ3v) is 4.19. The molecule has 0 spiro atoms. The zero-order valence-electron chi connectivity index (χ0n) is 14.5. The number of aromatic nitrogens is 2. The van der Waals surface area contributed by atoms with Crippen LogP contribution in [0.15, 0.2) is 36.5 Å². The maximum absolute atomic E-state index is 12.6. The lowest BCUT2D eigenvalue weighted by Crippen LogP contribution is -2.31. The van der Waals surface area contributed by atoms with Crippen molar-refractivity contribution in [3.63, 3.8) is 0 Å². The highest BCUT2D eigenvalue weighted by molar-refractivity contribution is 5.94. The first-order chi connectivity index (χ1) is 11.5. The zero-order valence-corrected chi connectivity index (χ0v) is 14.5. The van der Waals surface area contributed by atoms with Crippen molar-refractivity contribution in [3.05, 3.63) is 59.2 Å². The number of amides is 1. The Labute approximate surface area is 143 Å². The molecule has 1 aromatic carbocycles. The fraction of sp³-hybridized carbons (Fsp3) is 0.421. The van der Waals surface area contributed by atoms with Crippen LogP contribution in [0.1, 0.15) is 46.3 Å². The van der Waals surface area contributed by atoms with E-state index < -0.39 is 0 Å². The molecule has 0 saturated heterocycles. The highest BCUT2D eigenvalue weighted by Gasteiger charge is 2.35. The van der Waals surface area contributed by atoms with E-state index in [1.807, 2.05) is 51.4 Å².